The Morgan fingerprint density at radius 1 is 1.18 bits per heavy atom. The first kappa shape index (κ1) is 17.9. The van der Waals surface area contributed by atoms with Gasteiger partial charge in [0.2, 0.25) is 11.8 Å². The van der Waals surface area contributed by atoms with Crippen molar-refractivity contribution in [3.05, 3.63) is 59.9 Å². The van der Waals surface area contributed by atoms with Gasteiger partial charge in [0.15, 0.2) is 5.82 Å². The fourth-order valence-corrected chi connectivity index (χ4v) is 3.25. The second kappa shape index (κ2) is 7.26. The smallest absolute Gasteiger partial charge is 0.257 e. The molecular weight excluding hydrogens is 356 g/mol. The molecule has 7 nitrogen and oxygen atoms in total. The van der Waals surface area contributed by atoms with E-state index in [0.29, 0.717) is 23.9 Å². The first-order valence-electron chi connectivity index (χ1n) is 9.08. The Balaban J connectivity index is 1.46. The number of carbonyl (C=O) groups is 2. The number of amides is 2. The van der Waals surface area contributed by atoms with Crippen molar-refractivity contribution < 1.29 is 14.1 Å². The lowest BCUT2D eigenvalue weighted by Crippen LogP contribution is -2.28. The first-order chi connectivity index (χ1) is 13.5. The quantitative estimate of drug-likeness (QED) is 0.754. The third-order valence-corrected chi connectivity index (χ3v) is 4.75. The summed E-state index contributed by atoms with van der Waals surface area (Å²) in [6.45, 7) is 4.11. The Kier molecular flexibility index (Phi) is 4.65. The third kappa shape index (κ3) is 3.64. The zero-order chi connectivity index (χ0) is 19.7. The summed E-state index contributed by atoms with van der Waals surface area (Å²) < 4.78 is 5.17. The van der Waals surface area contributed by atoms with Gasteiger partial charge in [-0.15, -0.1) is 0 Å². The van der Waals surface area contributed by atoms with Gasteiger partial charge >= 0.3 is 0 Å². The van der Waals surface area contributed by atoms with Gasteiger partial charge in [-0.3, -0.25) is 9.59 Å². The molecule has 1 atom stereocenters. The van der Waals surface area contributed by atoms with E-state index in [1.165, 1.54) is 0 Å². The molecule has 1 fully saturated rings. The number of aromatic nitrogens is 2. The van der Waals surface area contributed by atoms with Crippen LogP contribution in [-0.2, 0) is 9.59 Å². The van der Waals surface area contributed by atoms with Gasteiger partial charge < -0.3 is 14.7 Å². The molecule has 0 saturated carbocycles. The predicted molar refractivity (Wildman–Crippen MR) is 105 cm³/mol. The topological polar surface area (TPSA) is 88.3 Å². The van der Waals surface area contributed by atoms with E-state index in [1.54, 1.807) is 24.0 Å². The van der Waals surface area contributed by atoms with Crippen molar-refractivity contribution in [1.82, 2.24) is 10.1 Å². The maximum atomic E-state index is 12.7. The van der Waals surface area contributed by atoms with Crippen LogP contribution in [0.3, 0.4) is 0 Å². The lowest BCUT2D eigenvalue weighted by Gasteiger charge is -2.17. The SMILES string of the molecule is Cc1ccc(N2C[C@H](C(=O)Nc3cccc(-c4nc(C)no4)c3)CC2=O)cc1. The summed E-state index contributed by atoms with van der Waals surface area (Å²) in [5, 5.41) is 6.68. The van der Waals surface area contributed by atoms with Gasteiger partial charge in [0.25, 0.3) is 5.89 Å². The number of anilines is 2. The molecule has 1 aliphatic heterocycles. The van der Waals surface area contributed by atoms with Crippen molar-refractivity contribution in [2.45, 2.75) is 20.3 Å². The molecule has 1 N–H and O–H groups in total. The molecule has 28 heavy (non-hydrogen) atoms. The van der Waals surface area contributed by atoms with E-state index in [9.17, 15) is 9.59 Å². The van der Waals surface area contributed by atoms with Crippen molar-refractivity contribution in [2.75, 3.05) is 16.8 Å². The number of benzene rings is 2. The molecule has 1 aromatic heterocycles. The van der Waals surface area contributed by atoms with Gasteiger partial charge in [0.05, 0.1) is 5.92 Å². The molecule has 0 radical (unpaired) electrons. The van der Waals surface area contributed by atoms with Crippen LogP contribution in [0, 0.1) is 19.8 Å². The van der Waals surface area contributed by atoms with E-state index in [0.717, 1.165) is 16.8 Å². The molecule has 2 aromatic carbocycles. The van der Waals surface area contributed by atoms with E-state index in [4.69, 9.17) is 4.52 Å². The van der Waals surface area contributed by atoms with Crippen molar-refractivity contribution in [2.24, 2.45) is 5.92 Å². The maximum absolute atomic E-state index is 12.7. The van der Waals surface area contributed by atoms with Gasteiger partial charge in [-0.2, -0.15) is 4.98 Å². The van der Waals surface area contributed by atoms with Crippen LogP contribution in [-0.4, -0.2) is 28.5 Å². The molecule has 2 amide bonds. The lowest BCUT2D eigenvalue weighted by molar-refractivity contribution is -0.122. The second-order valence-electron chi connectivity index (χ2n) is 6.96. The van der Waals surface area contributed by atoms with Crippen molar-refractivity contribution in [3.63, 3.8) is 0 Å². The standard InChI is InChI=1S/C21H20N4O3/c1-13-6-8-18(9-7-13)25-12-16(11-19(25)26)20(27)23-17-5-3-4-15(10-17)21-22-14(2)24-28-21/h3-10,16H,11-12H2,1-2H3,(H,23,27)/t16-/m1/s1. The van der Waals surface area contributed by atoms with Crippen LogP contribution in [0.2, 0.25) is 0 Å². The summed E-state index contributed by atoms with van der Waals surface area (Å²) in [5.74, 6) is 0.323. The Morgan fingerprint density at radius 2 is 1.96 bits per heavy atom. The lowest BCUT2D eigenvalue weighted by atomic mass is 10.1. The molecule has 142 valence electrons. The highest BCUT2D eigenvalue weighted by atomic mass is 16.5. The van der Waals surface area contributed by atoms with E-state index in [2.05, 4.69) is 15.5 Å². The van der Waals surface area contributed by atoms with Gasteiger partial charge in [-0.25, -0.2) is 0 Å². The zero-order valence-corrected chi connectivity index (χ0v) is 15.7. The van der Waals surface area contributed by atoms with Gasteiger partial charge in [0.1, 0.15) is 0 Å². The number of hydrogen-bond donors (Lipinski definition) is 1. The molecular formula is C21H20N4O3. The monoisotopic (exact) mass is 376 g/mol. The second-order valence-corrected chi connectivity index (χ2v) is 6.96. The molecule has 1 saturated heterocycles. The Bertz CT molecular complexity index is 1030. The minimum absolute atomic E-state index is 0.0425. The summed E-state index contributed by atoms with van der Waals surface area (Å²) in [6, 6.07) is 14.9. The number of carbonyl (C=O) groups excluding carboxylic acids is 2. The largest absolute Gasteiger partial charge is 0.334 e. The molecule has 1 aliphatic rings. The zero-order valence-electron chi connectivity index (χ0n) is 15.7. The highest BCUT2D eigenvalue weighted by Gasteiger charge is 2.35. The van der Waals surface area contributed by atoms with Gasteiger partial charge in [0, 0.05) is 29.9 Å². The molecule has 2 heterocycles. The number of hydrogen-bond acceptors (Lipinski definition) is 5. The van der Waals surface area contributed by atoms with E-state index < -0.39 is 5.92 Å². The fourth-order valence-electron chi connectivity index (χ4n) is 3.25. The van der Waals surface area contributed by atoms with Gasteiger partial charge in [-0.1, -0.05) is 28.9 Å². The number of nitrogens with zero attached hydrogens (tertiary/aromatic N) is 3. The van der Waals surface area contributed by atoms with Crippen LogP contribution in [0.4, 0.5) is 11.4 Å². The Labute approximate surface area is 162 Å². The normalized spacial score (nSPS) is 16.4. The van der Waals surface area contributed by atoms with Crippen LogP contribution in [0.15, 0.2) is 53.1 Å². The molecule has 4 rings (SSSR count). The number of aryl methyl sites for hydroxylation is 2. The highest BCUT2D eigenvalue weighted by molar-refractivity contribution is 6.03. The summed E-state index contributed by atoms with van der Waals surface area (Å²) in [6.07, 6.45) is 0.197. The minimum Gasteiger partial charge on any atom is -0.334 e. The van der Waals surface area contributed by atoms with E-state index in [-0.39, 0.29) is 18.2 Å². The average molecular weight is 376 g/mol. The van der Waals surface area contributed by atoms with Crippen molar-refractivity contribution in [1.29, 1.82) is 0 Å². The van der Waals surface area contributed by atoms with Crippen molar-refractivity contribution >= 4 is 23.2 Å². The minimum atomic E-state index is -0.400. The molecule has 0 aliphatic carbocycles. The summed E-state index contributed by atoms with van der Waals surface area (Å²) in [4.78, 5) is 31.0. The number of rotatable bonds is 4. The van der Waals surface area contributed by atoms with E-state index >= 15 is 0 Å². The van der Waals surface area contributed by atoms with Crippen LogP contribution >= 0.6 is 0 Å². The van der Waals surface area contributed by atoms with Crippen LogP contribution in [0.1, 0.15) is 17.8 Å². The summed E-state index contributed by atoms with van der Waals surface area (Å²) >= 11 is 0. The molecule has 7 heteroatoms. The molecule has 0 bridgehead atoms. The van der Waals surface area contributed by atoms with Crippen molar-refractivity contribution in [3.8, 4) is 11.5 Å². The highest BCUT2D eigenvalue weighted by Crippen LogP contribution is 2.27. The first-order valence-corrected chi connectivity index (χ1v) is 9.08. The van der Waals surface area contributed by atoms with Crippen LogP contribution in [0.5, 0.6) is 0 Å². The average Bonchev–Trinajstić information content (AvgIpc) is 3.29. The van der Waals surface area contributed by atoms with Crippen LogP contribution < -0.4 is 10.2 Å². The third-order valence-electron chi connectivity index (χ3n) is 4.75. The fraction of sp³-hybridized carbons (Fsp3) is 0.238. The predicted octanol–water partition coefficient (Wildman–Crippen LogP) is 3.35. The Hall–Kier alpha value is -3.48. The molecule has 3 aromatic rings. The Morgan fingerprint density at radius 3 is 2.68 bits per heavy atom. The van der Waals surface area contributed by atoms with Gasteiger partial charge in [-0.05, 0) is 44.2 Å². The van der Waals surface area contributed by atoms with E-state index in [1.807, 2.05) is 43.3 Å². The number of nitrogens with one attached hydrogen (secondary N) is 1. The maximum Gasteiger partial charge on any atom is 0.257 e. The summed E-state index contributed by atoms with van der Waals surface area (Å²) in [5.41, 5.74) is 3.29. The molecule has 0 spiro atoms. The van der Waals surface area contributed by atoms with Crippen LogP contribution in [0.25, 0.3) is 11.5 Å². The summed E-state index contributed by atoms with van der Waals surface area (Å²) in [7, 11) is 0. The molecule has 0 unspecified atom stereocenters.